The molecule has 2 fully saturated rings. The molecule has 6 heteroatoms. The minimum atomic E-state index is -0.546. The first-order valence-corrected chi connectivity index (χ1v) is 15.6. The Kier molecular flexibility index (Phi) is 9.84. The van der Waals surface area contributed by atoms with Crippen molar-refractivity contribution in [1.82, 2.24) is 4.90 Å². The molecule has 0 aromatic heterocycles. The highest BCUT2D eigenvalue weighted by Crippen LogP contribution is 2.32. The zero-order valence-corrected chi connectivity index (χ0v) is 25.3. The van der Waals surface area contributed by atoms with Crippen molar-refractivity contribution in [3.63, 3.8) is 0 Å². The lowest BCUT2D eigenvalue weighted by atomic mass is 9.86. The van der Waals surface area contributed by atoms with Crippen LogP contribution in [0.4, 0.5) is 4.79 Å². The van der Waals surface area contributed by atoms with Gasteiger partial charge >= 0.3 is 12.1 Å². The van der Waals surface area contributed by atoms with E-state index in [4.69, 9.17) is 14.2 Å². The Bertz CT molecular complexity index is 1340. The molecule has 42 heavy (non-hydrogen) atoms. The molecule has 1 amide bonds. The second-order valence-electron chi connectivity index (χ2n) is 12.8. The number of carbonyl (C=O) groups is 2. The first-order valence-electron chi connectivity index (χ1n) is 15.6. The van der Waals surface area contributed by atoms with Gasteiger partial charge in [-0.3, -0.25) is 4.79 Å². The van der Waals surface area contributed by atoms with Crippen molar-refractivity contribution in [3.8, 4) is 0 Å². The van der Waals surface area contributed by atoms with Crippen LogP contribution in [0.15, 0.2) is 66.7 Å². The molecule has 0 N–H and O–H groups in total. The largest absolute Gasteiger partial charge is 0.465 e. The number of carbonyl (C=O) groups excluding carboxylic acids is 2. The van der Waals surface area contributed by atoms with Crippen LogP contribution in [0.5, 0.6) is 0 Å². The van der Waals surface area contributed by atoms with Crippen LogP contribution < -0.4 is 0 Å². The van der Waals surface area contributed by atoms with E-state index < -0.39 is 5.60 Å². The van der Waals surface area contributed by atoms with Crippen molar-refractivity contribution in [1.29, 1.82) is 0 Å². The highest BCUT2D eigenvalue weighted by atomic mass is 16.6. The number of nitrogens with zero attached hydrogens (tertiary/aromatic N) is 1. The molecule has 1 saturated carbocycles. The van der Waals surface area contributed by atoms with Crippen molar-refractivity contribution in [3.05, 3.63) is 83.4 Å². The molecule has 2 atom stereocenters. The van der Waals surface area contributed by atoms with Gasteiger partial charge in [-0.1, -0.05) is 79.9 Å². The van der Waals surface area contributed by atoms with Crippen molar-refractivity contribution in [2.24, 2.45) is 5.92 Å². The van der Waals surface area contributed by atoms with Crippen molar-refractivity contribution >= 4 is 22.8 Å². The number of hydrogen-bond donors (Lipinski definition) is 0. The third-order valence-corrected chi connectivity index (χ3v) is 8.47. The van der Waals surface area contributed by atoms with E-state index in [-0.39, 0.29) is 30.0 Å². The van der Waals surface area contributed by atoms with Crippen molar-refractivity contribution in [2.45, 2.75) is 89.9 Å². The van der Waals surface area contributed by atoms with E-state index in [1.54, 1.807) is 4.90 Å². The molecule has 1 saturated heterocycles. The Morgan fingerprint density at radius 3 is 2.31 bits per heavy atom. The second-order valence-corrected chi connectivity index (χ2v) is 12.8. The summed E-state index contributed by atoms with van der Waals surface area (Å²) in [7, 11) is 0. The third-order valence-electron chi connectivity index (χ3n) is 8.47. The molecule has 1 aliphatic heterocycles. The molecule has 1 aliphatic carbocycles. The third kappa shape index (κ3) is 8.13. The van der Waals surface area contributed by atoms with E-state index in [0.717, 1.165) is 43.2 Å². The standard InChI is InChI=1S/C36H45NO5/c1-36(2,3)42-35(39)37-21-19-32(33(24-37)41-25-27-15-16-28-9-7-8-12-31(28)23-27)29-17-13-26(14-18-29)20-22-40-34(38)30-10-5-4-6-11-30/h7-9,12-18,23,30,32-33H,4-6,10-11,19-22,24-25H2,1-3H3. The fourth-order valence-corrected chi connectivity index (χ4v) is 6.15. The van der Waals surface area contributed by atoms with Crippen molar-refractivity contribution < 1.29 is 23.8 Å². The predicted molar refractivity (Wildman–Crippen MR) is 165 cm³/mol. The summed E-state index contributed by atoms with van der Waals surface area (Å²) in [5.41, 5.74) is 2.91. The molecule has 2 unspecified atom stereocenters. The van der Waals surface area contributed by atoms with Gasteiger partial charge < -0.3 is 19.1 Å². The lowest BCUT2D eigenvalue weighted by molar-refractivity contribution is -0.149. The average molecular weight is 572 g/mol. The summed E-state index contributed by atoms with van der Waals surface area (Å²) in [6.45, 7) is 7.66. The van der Waals surface area contributed by atoms with Crippen LogP contribution >= 0.6 is 0 Å². The van der Waals surface area contributed by atoms with Crippen LogP contribution in [-0.2, 0) is 32.0 Å². The van der Waals surface area contributed by atoms with E-state index in [2.05, 4.69) is 54.6 Å². The molecule has 2 aliphatic rings. The Morgan fingerprint density at radius 1 is 0.857 bits per heavy atom. The number of ether oxygens (including phenoxy) is 3. The summed E-state index contributed by atoms with van der Waals surface area (Å²) in [5, 5.41) is 2.39. The molecular weight excluding hydrogens is 526 g/mol. The van der Waals surface area contributed by atoms with Crippen LogP contribution in [0.25, 0.3) is 10.8 Å². The molecule has 0 radical (unpaired) electrons. The van der Waals surface area contributed by atoms with Crippen LogP contribution in [0.1, 0.15) is 81.9 Å². The number of esters is 1. The highest BCUT2D eigenvalue weighted by molar-refractivity contribution is 5.83. The molecule has 1 heterocycles. The smallest absolute Gasteiger partial charge is 0.410 e. The van der Waals surface area contributed by atoms with Crippen LogP contribution in [0.3, 0.4) is 0 Å². The lowest BCUT2D eigenvalue weighted by Gasteiger charge is -2.39. The quantitative estimate of drug-likeness (QED) is 0.258. The van der Waals surface area contributed by atoms with Crippen LogP contribution in [-0.4, -0.2) is 48.4 Å². The molecule has 3 aromatic rings. The van der Waals surface area contributed by atoms with Gasteiger partial charge in [-0.15, -0.1) is 0 Å². The summed E-state index contributed by atoms with van der Waals surface area (Å²) in [4.78, 5) is 27.1. The maximum Gasteiger partial charge on any atom is 0.410 e. The Morgan fingerprint density at radius 2 is 1.57 bits per heavy atom. The summed E-state index contributed by atoms with van der Waals surface area (Å²) in [6, 6.07) is 23.3. The van der Waals surface area contributed by atoms with Gasteiger partial charge in [-0.25, -0.2) is 4.79 Å². The Balaban J connectivity index is 1.23. The first-order chi connectivity index (χ1) is 20.2. The summed E-state index contributed by atoms with van der Waals surface area (Å²) in [6.07, 6.45) is 6.45. The number of amides is 1. The van der Waals surface area contributed by atoms with Gasteiger partial charge in [0.1, 0.15) is 5.60 Å². The van der Waals surface area contributed by atoms with Gasteiger partial charge in [-0.05, 0) is 73.6 Å². The number of hydrogen-bond acceptors (Lipinski definition) is 5. The van der Waals surface area contributed by atoms with E-state index in [0.29, 0.717) is 32.7 Å². The Hall–Kier alpha value is -3.38. The van der Waals surface area contributed by atoms with Crippen LogP contribution in [0.2, 0.25) is 0 Å². The van der Waals surface area contributed by atoms with E-state index in [1.807, 2.05) is 32.9 Å². The SMILES string of the molecule is CC(C)(C)OC(=O)N1CCC(c2ccc(CCOC(=O)C3CCCCC3)cc2)C(OCc2ccc3ccccc3c2)C1. The van der Waals surface area contributed by atoms with Gasteiger partial charge in [0.25, 0.3) is 0 Å². The predicted octanol–water partition coefficient (Wildman–Crippen LogP) is 7.82. The molecule has 224 valence electrons. The molecule has 5 rings (SSSR count). The lowest BCUT2D eigenvalue weighted by Crippen LogP contribution is -2.48. The van der Waals surface area contributed by atoms with Crippen molar-refractivity contribution in [2.75, 3.05) is 19.7 Å². The van der Waals surface area contributed by atoms with Gasteiger partial charge in [0.15, 0.2) is 0 Å². The second kappa shape index (κ2) is 13.7. The molecular formula is C36H45NO5. The summed E-state index contributed by atoms with van der Waals surface area (Å²) >= 11 is 0. The van der Waals surface area contributed by atoms with E-state index >= 15 is 0 Å². The number of piperidine rings is 1. The van der Waals surface area contributed by atoms with Gasteiger partial charge in [0.05, 0.1) is 31.8 Å². The topological polar surface area (TPSA) is 65.1 Å². The highest BCUT2D eigenvalue weighted by Gasteiger charge is 2.35. The average Bonchev–Trinajstić information content (AvgIpc) is 2.99. The zero-order chi connectivity index (χ0) is 29.5. The minimum Gasteiger partial charge on any atom is -0.465 e. The normalized spacial score (nSPS) is 19.9. The fourth-order valence-electron chi connectivity index (χ4n) is 6.15. The number of likely N-dealkylation sites (tertiary alicyclic amines) is 1. The molecule has 6 nitrogen and oxygen atoms in total. The Labute approximate surface area is 250 Å². The van der Waals surface area contributed by atoms with Gasteiger partial charge in [0.2, 0.25) is 0 Å². The zero-order valence-electron chi connectivity index (χ0n) is 25.3. The molecule has 0 bridgehead atoms. The molecule has 3 aromatic carbocycles. The fraction of sp³-hybridized carbons (Fsp3) is 0.500. The number of rotatable bonds is 8. The van der Waals surface area contributed by atoms with Gasteiger partial charge in [0, 0.05) is 18.9 Å². The number of benzene rings is 3. The first kappa shape index (κ1) is 30.1. The molecule has 0 spiro atoms. The maximum absolute atomic E-state index is 12.9. The van der Waals surface area contributed by atoms with Gasteiger partial charge in [-0.2, -0.15) is 0 Å². The minimum absolute atomic E-state index is 0.0329. The van der Waals surface area contributed by atoms with E-state index in [1.165, 1.54) is 22.8 Å². The summed E-state index contributed by atoms with van der Waals surface area (Å²) < 4.78 is 17.9. The van der Waals surface area contributed by atoms with Crippen LogP contribution in [0, 0.1) is 5.92 Å². The monoisotopic (exact) mass is 571 g/mol. The number of fused-ring (bicyclic) bond motifs is 1. The maximum atomic E-state index is 12.9. The van der Waals surface area contributed by atoms with E-state index in [9.17, 15) is 9.59 Å². The summed E-state index contributed by atoms with van der Waals surface area (Å²) in [5.74, 6) is 0.205.